The number of ether oxygens (including phenoxy) is 3. The largest absolute Gasteiger partial charge is 0.495 e. The molecule has 0 aromatic heterocycles. The summed E-state index contributed by atoms with van der Waals surface area (Å²) in [7, 11) is 1.66. The van der Waals surface area contributed by atoms with Gasteiger partial charge in [-0.15, -0.1) is 0 Å². The third kappa shape index (κ3) is 2.67. The van der Waals surface area contributed by atoms with Crippen LogP contribution >= 0.6 is 11.6 Å². The number of fused-ring (bicyclic) bond motifs is 1. The van der Waals surface area contributed by atoms with Gasteiger partial charge in [0.05, 0.1) is 12.1 Å². The fraction of sp³-hybridized carbons (Fsp3) is 0.600. The van der Waals surface area contributed by atoms with Crippen LogP contribution < -0.4 is 19.5 Å². The van der Waals surface area contributed by atoms with E-state index < -0.39 is 0 Å². The summed E-state index contributed by atoms with van der Waals surface area (Å²) in [6, 6.07) is 1.79. The Morgan fingerprint density at radius 2 is 2.05 bits per heavy atom. The average molecular weight is 298 g/mol. The molecule has 1 saturated heterocycles. The van der Waals surface area contributed by atoms with Gasteiger partial charge >= 0.3 is 0 Å². The Labute approximate surface area is 124 Å². The van der Waals surface area contributed by atoms with Crippen LogP contribution in [0.25, 0.3) is 0 Å². The van der Waals surface area contributed by atoms with Gasteiger partial charge in [-0.05, 0) is 38.3 Å². The molecule has 1 aromatic rings. The van der Waals surface area contributed by atoms with Gasteiger partial charge in [-0.3, -0.25) is 0 Å². The lowest BCUT2D eigenvalue weighted by Crippen LogP contribution is -2.29. The first-order valence-electron chi connectivity index (χ1n) is 7.15. The van der Waals surface area contributed by atoms with Crippen LogP contribution in [-0.4, -0.2) is 33.4 Å². The van der Waals surface area contributed by atoms with Gasteiger partial charge in [0.25, 0.3) is 0 Å². The highest BCUT2D eigenvalue weighted by atomic mass is 35.5. The Kier molecular flexibility index (Phi) is 4.22. The van der Waals surface area contributed by atoms with Gasteiger partial charge < -0.3 is 19.5 Å². The predicted molar refractivity (Wildman–Crippen MR) is 78.3 cm³/mol. The van der Waals surface area contributed by atoms with Gasteiger partial charge in [-0.25, -0.2) is 0 Å². The Morgan fingerprint density at radius 3 is 2.80 bits per heavy atom. The second-order valence-electron chi connectivity index (χ2n) is 5.29. The molecule has 0 saturated carbocycles. The van der Waals surface area contributed by atoms with Gasteiger partial charge in [0.1, 0.15) is 19.0 Å². The molecule has 2 aliphatic rings. The molecule has 0 unspecified atom stereocenters. The van der Waals surface area contributed by atoms with Crippen molar-refractivity contribution in [3.05, 3.63) is 16.7 Å². The van der Waals surface area contributed by atoms with Gasteiger partial charge in [0.15, 0.2) is 11.5 Å². The minimum atomic E-state index is 0.572. The summed E-state index contributed by atoms with van der Waals surface area (Å²) in [5.74, 6) is 2.93. The molecular weight excluding hydrogens is 278 g/mol. The molecule has 0 aliphatic carbocycles. The summed E-state index contributed by atoms with van der Waals surface area (Å²) in [5.41, 5.74) is 1.06. The second-order valence-corrected chi connectivity index (χ2v) is 5.70. The number of benzene rings is 1. The van der Waals surface area contributed by atoms with E-state index in [0.29, 0.717) is 24.2 Å². The fourth-order valence-corrected chi connectivity index (χ4v) is 3.27. The van der Waals surface area contributed by atoms with Crippen LogP contribution in [0.2, 0.25) is 5.02 Å². The normalized spacial score (nSPS) is 18.9. The lowest BCUT2D eigenvalue weighted by atomic mass is 9.90. The third-order valence-electron chi connectivity index (χ3n) is 3.99. The molecular formula is C15H20ClNO3. The Hall–Kier alpha value is -1.13. The number of piperidine rings is 1. The van der Waals surface area contributed by atoms with Crippen LogP contribution in [0.4, 0.5) is 0 Å². The minimum Gasteiger partial charge on any atom is -0.495 e. The highest BCUT2D eigenvalue weighted by Crippen LogP contribution is 2.45. The summed E-state index contributed by atoms with van der Waals surface area (Å²) in [6.07, 6.45) is 3.27. The fourth-order valence-electron chi connectivity index (χ4n) is 2.98. The van der Waals surface area contributed by atoms with Crippen LogP contribution in [0.5, 0.6) is 17.2 Å². The van der Waals surface area contributed by atoms with Crippen molar-refractivity contribution in [3.8, 4) is 17.2 Å². The molecule has 0 atom stereocenters. The first-order valence-corrected chi connectivity index (χ1v) is 7.53. The number of halogens is 1. The summed E-state index contributed by atoms with van der Waals surface area (Å²) in [6.45, 7) is 3.31. The van der Waals surface area contributed by atoms with E-state index in [1.54, 1.807) is 13.2 Å². The first kappa shape index (κ1) is 13.8. The highest BCUT2D eigenvalue weighted by molar-refractivity contribution is 6.32. The molecule has 0 amide bonds. The summed E-state index contributed by atoms with van der Waals surface area (Å²) < 4.78 is 17.0. The van der Waals surface area contributed by atoms with Gasteiger partial charge in [-0.1, -0.05) is 11.6 Å². The van der Waals surface area contributed by atoms with E-state index in [0.717, 1.165) is 42.3 Å². The maximum absolute atomic E-state index is 6.31. The van der Waals surface area contributed by atoms with Crippen LogP contribution in [0.15, 0.2) is 6.07 Å². The van der Waals surface area contributed by atoms with Crippen LogP contribution in [0.1, 0.15) is 18.4 Å². The zero-order valence-corrected chi connectivity index (χ0v) is 12.5. The van der Waals surface area contributed by atoms with Crippen LogP contribution in [-0.2, 0) is 6.42 Å². The molecule has 0 bridgehead atoms. The number of nitrogens with one attached hydrogen (secondary N) is 1. The van der Waals surface area contributed by atoms with E-state index in [4.69, 9.17) is 25.8 Å². The molecule has 20 heavy (non-hydrogen) atoms. The monoisotopic (exact) mass is 297 g/mol. The van der Waals surface area contributed by atoms with Crippen molar-refractivity contribution in [1.82, 2.24) is 5.32 Å². The van der Waals surface area contributed by atoms with E-state index in [-0.39, 0.29) is 0 Å². The van der Waals surface area contributed by atoms with Gasteiger partial charge in [0, 0.05) is 11.6 Å². The average Bonchev–Trinajstić information content (AvgIpc) is 2.48. The SMILES string of the molecule is COc1c(Cl)cc2c(c1CC1CCNCC1)OCCO2. The summed E-state index contributed by atoms with van der Waals surface area (Å²) in [5, 5.41) is 3.99. The molecule has 0 radical (unpaired) electrons. The smallest absolute Gasteiger partial charge is 0.168 e. The lowest BCUT2D eigenvalue weighted by Gasteiger charge is -2.27. The van der Waals surface area contributed by atoms with Crippen molar-refractivity contribution >= 4 is 11.6 Å². The highest BCUT2D eigenvalue weighted by Gasteiger charge is 2.26. The van der Waals surface area contributed by atoms with E-state index in [1.807, 2.05) is 0 Å². The molecule has 5 heteroatoms. The van der Waals surface area contributed by atoms with E-state index >= 15 is 0 Å². The third-order valence-corrected chi connectivity index (χ3v) is 4.27. The zero-order valence-electron chi connectivity index (χ0n) is 11.7. The zero-order chi connectivity index (χ0) is 13.9. The molecule has 1 fully saturated rings. The van der Waals surface area contributed by atoms with Crippen molar-refractivity contribution in [1.29, 1.82) is 0 Å². The van der Waals surface area contributed by atoms with Crippen LogP contribution in [0, 0.1) is 5.92 Å². The first-order chi connectivity index (χ1) is 9.79. The Bertz CT molecular complexity index is 486. The molecule has 0 spiro atoms. The molecule has 2 aliphatic heterocycles. The molecule has 2 heterocycles. The predicted octanol–water partition coefficient (Wildman–Crippen LogP) is 2.66. The number of methoxy groups -OCH3 is 1. The molecule has 110 valence electrons. The Morgan fingerprint density at radius 1 is 1.30 bits per heavy atom. The van der Waals surface area contributed by atoms with Crippen LogP contribution in [0.3, 0.4) is 0 Å². The maximum Gasteiger partial charge on any atom is 0.168 e. The van der Waals surface area contributed by atoms with Crippen molar-refractivity contribution in [2.45, 2.75) is 19.3 Å². The van der Waals surface area contributed by atoms with E-state index in [1.165, 1.54) is 12.8 Å². The molecule has 1 aromatic carbocycles. The van der Waals surface area contributed by atoms with E-state index in [2.05, 4.69) is 5.32 Å². The van der Waals surface area contributed by atoms with Crippen molar-refractivity contribution in [3.63, 3.8) is 0 Å². The number of rotatable bonds is 3. The molecule has 1 N–H and O–H groups in total. The lowest BCUT2D eigenvalue weighted by molar-refractivity contribution is 0.168. The summed E-state index contributed by atoms with van der Waals surface area (Å²) >= 11 is 6.31. The molecule has 3 rings (SSSR count). The maximum atomic E-state index is 6.31. The van der Waals surface area contributed by atoms with E-state index in [9.17, 15) is 0 Å². The van der Waals surface area contributed by atoms with Crippen molar-refractivity contribution in [2.75, 3.05) is 33.4 Å². The molecule has 4 nitrogen and oxygen atoms in total. The number of hydrogen-bond donors (Lipinski definition) is 1. The topological polar surface area (TPSA) is 39.7 Å². The summed E-state index contributed by atoms with van der Waals surface area (Å²) in [4.78, 5) is 0. The van der Waals surface area contributed by atoms with Gasteiger partial charge in [-0.2, -0.15) is 0 Å². The van der Waals surface area contributed by atoms with Crippen molar-refractivity contribution < 1.29 is 14.2 Å². The van der Waals surface area contributed by atoms with Crippen molar-refractivity contribution in [2.24, 2.45) is 5.92 Å². The Balaban J connectivity index is 1.95. The second kappa shape index (κ2) is 6.10. The van der Waals surface area contributed by atoms with Gasteiger partial charge in [0.2, 0.25) is 0 Å². The number of hydrogen-bond acceptors (Lipinski definition) is 4. The quantitative estimate of drug-likeness (QED) is 0.931. The minimum absolute atomic E-state index is 0.572. The standard InChI is InChI=1S/C15H20ClNO3/c1-18-14-11(8-10-2-4-17-5-3-10)15-13(9-12(14)16)19-6-7-20-15/h9-10,17H,2-8H2,1H3.